The van der Waals surface area contributed by atoms with Crippen LogP contribution in [0.5, 0.6) is 0 Å². The van der Waals surface area contributed by atoms with E-state index >= 15 is 0 Å². The monoisotopic (exact) mass is 1700 g/mol. The molecule has 16 nitrogen and oxygen atoms in total. The zero-order chi connectivity index (χ0) is 86.5. The van der Waals surface area contributed by atoms with Crippen molar-refractivity contribution in [2.45, 2.75) is 411 Å². The van der Waals surface area contributed by atoms with Crippen molar-refractivity contribution in [3.8, 4) is 0 Å². The van der Waals surface area contributed by atoms with E-state index in [-0.39, 0.29) is 19.3 Å². The van der Waals surface area contributed by atoms with Gasteiger partial charge in [0.25, 0.3) is 0 Å². The van der Waals surface area contributed by atoms with Gasteiger partial charge >= 0.3 is 33.6 Å². The van der Waals surface area contributed by atoms with Gasteiger partial charge in [-0.3, -0.25) is 32.5 Å². The summed E-state index contributed by atoms with van der Waals surface area (Å²) in [6.07, 6.45) is 120. The van der Waals surface area contributed by atoms with Gasteiger partial charge in [-0.25, -0.2) is 9.13 Å². The van der Waals surface area contributed by atoms with Gasteiger partial charge in [-0.05, 0) is 154 Å². The molecule has 0 bridgehead atoms. The highest BCUT2D eigenvalue weighted by molar-refractivity contribution is 7.47. The fourth-order valence-corrected chi connectivity index (χ4v) is 14.4. The van der Waals surface area contributed by atoms with Gasteiger partial charge in [0.15, 0.2) is 6.10 Å². The van der Waals surface area contributed by atoms with E-state index in [1.54, 1.807) is 0 Å². The number of phosphoric acid groups is 2. The van der Waals surface area contributed by atoms with Gasteiger partial charge in [-0.15, -0.1) is 0 Å². The molecular weight excluding hydrogens is 1530 g/mol. The maximum Gasteiger partial charge on any atom is 0.472 e. The lowest BCUT2D eigenvalue weighted by Gasteiger charge is -2.21. The van der Waals surface area contributed by atoms with E-state index in [0.29, 0.717) is 19.3 Å². The molecule has 0 aromatic heterocycles. The van der Waals surface area contributed by atoms with Crippen LogP contribution in [0.25, 0.3) is 0 Å². The molecule has 0 saturated carbocycles. The standard InChI is InChI=1S/C101H172O16P2/c1-4-7-10-13-16-19-22-25-28-31-34-36-38-40-42-44-45-46-47-48-49-51-53-54-56-58-61-63-66-69-72-75-78-81-84-87-99(104)111-90-96(102)91-113-118(107,108)114-92-97(103)93-115-119(109,110)116-95-98(117-101(106)89-86-83-80-77-74-71-68-65-60-33-30-27-24-21-18-15-12-9-6-3)94-112-100(105)88-85-82-79-76-73-70-67-64-62-59-57-55-52-50-43-41-39-37-35-32-29-26-23-20-17-14-11-8-5-2/h8-9,11-12,16-21,25-30,34-37,40-43,60,65,71,74,96-98,102-103H,4-7,10,13-15,22-24,31-33,38-39,44-59,61-64,66-70,72-73,75-95H2,1-3H3,(H,107,108)(H,109,110)/b11-8-,12-9-,19-16-,20-17-,21-18-,28-25-,29-26-,30-27-,36-34-,37-35-,42-40-,43-41-,65-60-,74-71-. The number of carbonyl (C=O) groups is 3. The minimum atomic E-state index is -4.95. The van der Waals surface area contributed by atoms with Crippen molar-refractivity contribution in [3.63, 3.8) is 0 Å². The molecule has 0 aliphatic rings. The van der Waals surface area contributed by atoms with Crippen LogP contribution in [0, 0.1) is 0 Å². The molecule has 5 atom stereocenters. The van der Waals surface area contributed by atoms with Crippen molar-refractivity contribution in [3.05, 3.63) is 170 Å². The Morgan fingerprint density at radius 1 is 0.244 bits per heavy atom. The third kappa shape index (κ3) is 93.5. The van der Waals surface area contributed by atoms with E-state index in [0.717, 1.165) is 154 Å². The second kappa shape index (κ2) is 92.1. The van der Waals surface area contributed by atoms with Gasteiger partial charge in [-0.1, -0.05) is 390 Å². The lowest BCUT2D eigenvalue weighted by molar-refractivity contribution is -0.161. The molecule has 18 heteroatoms. The summed E-state index contributed by atoms with van der Waals surface area (Å²) in [5, 5.41) is 20.7. The average Bonchev–Trinajstić information content (AvgIpc) is 0.902. The number of ether oxygens (including phenoxy) is 3. The summed E-state index contributed by atoms with van der Waals surface area (Å²) >= 11 is 0. The first-order valence-electron chi connectivity index (χ1n) is 47.4. The second-order valence-electron chi connectivity index (χ2n) is 31.4. The summed E-state index contributed by atoms with van der Waals surface area (Å²) in [5.74, 6) is -1.61. The van der Waals surface area contributed by atoms with Crippen LogP contribution in [0.3, 0.4) is 0 Å². The van der Waals surface area contributed by atoms with E-state index in [9.17, 15) is 43.5 Å². The highest BCUT2D eigenvalue weighted by atomic mass is 31.2. The number of hydrogen-bond acceptors (Lipinski definition) is 14. The number of hydrogen-bond donors (Lipinski definition) is 4. The number of carbonyl (C=O) groups excluding carboxylic acids is 3. The highest BCUT2D eigenvalue weighted by Crippen LogP contribution is 2.45. The van der Waals surface area contributed by atoms with Crippen molar-refractivity contribution < 1.29 is 75.8 Å². The Balaban J connectivity index is 4.52. The minimum Gasteiger partial charge on any atom is -0.463 e. The predicted octanol–water partition coefficient (Wildman–Crippen LogP) is 29.4. The van der Waals surface area contributed by atoms with Crippen molar-refractivity contribution in [1.29, 1.82) is 0 Å². The molecule has 682 valence electrons. The Morgan fingerprint density at radius 3 is 0.714 bits per heavy atom. The summed E-state index contributed by atoms with van der Waals surface area (Å²) in [6.45, 7) is 2.43. The van der Waals surface area contributed by atoms with E-state index in [4.69, 9.17) is 32.3 Å². The molecule has 119 heavy (non-hydrogen) atoms. The molecule has 0 aromatic rings. The van der Waals surface area contributed by atoms with Gasteiger partial charge in [0, 0.05) is 19.3 Å². The molecule has 0 saturated heterocycles. The maximum absolute atomic E-state index is 13.0. The Kier molecular flexibility index (Phi) is 88.2. The van der Waals surface area contributed by atoms with Crippen molar-refractivity contribution in [2.24, 2.45) is 0 Å². The SMILES string of the molecule is CC/C=C\C/C=C\C/C=C\C/C=C\C/C=C\CCCCCCCCCCCCCCCC(=O)OCC(COP(=O)(O)OCC(O)COP(=O)(O)OCC(O)COC(=O)CCCCCCCCCCCCCCCCCCCCC/C=C\C/C=C\C/C=C\C/C=C\CCCCC)OC(=O)CCCCC/C=C\C/C=C\C/C=C\C/C=C\C/C=C\CC. The Labute approximate surface area is 726 Å². The molecular formula is C101H172O16P2. The zero-order valence-electron chi connectivity index (χ0n) is 75.2. The van der Waals surface area contributed by atoms with Crippen molar-refractivity contribution in [1.82, 2.24) is 0 Å². The average molecular weight is 1700 g/mol. The van der Waals surface area contributed by atoms with Crippen LogP contribution >= 0.6 is 15.6 Å². The van der Waals surface area contributed by atoms with Crippen LogP contribution in [-0.4, -0.2) is 95.9 Å². The molecule has 0 aromatic carbocycles. The number of aliphatic hydroxyl groups is 2. The number of phosphoric ester groups is 2. The number of esters is 3. The fraction of sp³-hybridized carbons (Fsp3) is 0.693. The third-order valence-corrected chi connectivity index (χ3v) is 21.8. The number of aliphatic hydroxyl groups excluding tert-OH is 2. The molecule has 0 radical (unpaired) electrons. The zero-order valence-corrected chi connectivity index (χ0v) is 77.0. The normalized spacial score (nSPS) is 14.5. The molecule has 0 aliphatic carbocycles. The van der Waals surface area contributed by atoms with Gasteiger partial charge in [-0.2, -0.15) is 0 Å². The molecule has 0 aliphatic heterocycles. The van der Waals surface area contributed by atoms with Gasteiger partial charge < -0.3 is 34.2 Å². The minimum absolute atomic E-state index is 0.0613. The first-order valence-corrected chi connectivity index (χ1v) is 50.4. The van der Waals surface area contributed by atoms with E-state index < -0.39 is 91.5 Å². The summed E-state index contributed by atoms with van der Waals surface area (Å²) < 4.78 is 61.5. The predicted molar refractivity (Wildman–Crippen MR) is 500 cm³/mol. The fourth-order valence-electron chi connectivity index (χ4n) is 12.8. The van der Waals surface area contributed by atoms with E-state index in [2.05, 4.69) is 191 Å². The largest absolute Gasteiger partial charge is 0.472 e. The first-order chi connectivity index (χ1) is 58.2. The van der Waals surface area contributed by atoms with Crippen LogP contribution in [0.4, 0.5) is 0 Å². The van der Waals surface area contributed by atoms with Crippen LogP contribution in [0.1, 0.15) is 393 Å². The molecule has 5 unspecified atom stereocenters. The first kappa shape index (κ1) is 114. The number of unbranched alkanes of at least 4 members (excludes halogenated alkanes) is 38. The van der Waals surface area contributed by atoms with Crippen LogP contribution in [-0.2, 0) is 55.8 Å². The summed E-state index contributed by atoms with van der Waals surface area (Å²) in [7, 11) is -9.82. The second-order valence-corrected chi connectivity index (χ2v) is 34.3. The number of rotatable bonds is 89. The molecule has 0 amide bonds. The van der Waals surface area contributed by atoms with Gasteiger partial charge in [0.05, 0.1) is 26.4 Å². The quantitative estimate of drug-likeness (QED) is 0.0146. The van der Waals surface area contributed by atoms with E-state index in [1.807, 2.05) is 0 Å². The Morgan fingerprint density at radius 2 is 0.445 bits per heavy atom. The van der Waals surface area contributed by atoms with Crippen LogP contribution < -0.4 is 0 Å². The number of allylic oxidation sites excluding steroid dienone is 28. The topological polar surface area (TPSA) is 231 Å². The smallest absolute Gasteiger partial charge is 0.463 e. The summed E-state index contributed by atoms with van der Waals surface area (Å²) in [4.78, 5) is 59.0. The summed E-state index contributed by atoms with van der Waals surface area (Å²) in [5.41, 5.74) is 0. The molecule has 4 N–H and O–H groups in total. The van der Waals surface area contributed by atoms with Crippen molar-refractivity contribution in [2.75, 3.05) is 39.6 Å². The Hall–Kier alpha value is -5.09. The lowest BCUT2D eigenvalue weighted by Crippen LogP contribution is -2.30. The van der Waals surface area contributed by atoms with E-state index in [1.165, 1.54) is 180 Å². The molecule has 0 spiro atoms. The maximum atomic E-state index is 13.0. The third-order valence-electron chi connectivity index (χ3n) is 19.9. The molecule has 0 rings (SSSR count). The molecule has 0 heterocycles. The van der Waals surface area contributed by atoms with Crippen molar-refractivity contribution >= 4 is 33.6 Å². The van der Waals surface area contributed by atoms with Gasteiger partial charge in [0.1, 0.15) is 25.4 Å². The highest BCUT2D eigenvalue weighted by Gasteiger charge is 2.29. The lowest BCUT2D eigenvalue weighted by atomic mass is 10.0. The molecule has 0 fully saturated rings. The van der Waals surface area contributed by atoms with Crippen LogP contribution in [0.15, 0.2) is 170 Å². The Bertz CT molecular complexity index is 2840. The summed E-state index contributed by atoms with van der Waals surface area (Å²) in [6, 6.07) is 0. The van der Waals surface area contributed by atoms with Crippen LogP contribution in [0.2, 0.25) is 0 Å². The van der Waals surface area contributed by atoms with Gasteiger partial charge in [0.2, 0.25) is 0 Å².